The monoisotopic (exact) mass is 285 g/mol. The molecule has 0 heterocycles. The molecule has 0 aromatic carbocycles. The van der Waals surface area contributed by atoms with Crippen LogP contribution in [0.25, 0.3) is 0 Å². The largest absolute Gasteiger partial charge is 0.346 e. The van der Waals surface area contributed by atoms with Crippen LogP contribution in [0.5, 0.6) is 0 Å². The van der Waals surface area contributed by atoms with Crippen molar-refractivity contribution in [3.8, 4) is 0 Å². The second-order valence-corrected chi connectivity index (χ2v) is 0.500. The summed E-state index contributed by atoms with van der Waals surface area (Å²) in [6, 6.07) is 0. The molecular weight excluding hydrogens is 268 g/mol. The van der Waals surface area contributed by atoms with Crippen LogP contribution < -0.4 is 0 Å². The molecule has 0 radical (unpaired) electrons. The van der Waals surface area contributed by atoms with E-state index in [0.717, 1.165) is 6.42 Å². The Morgan fingerprint density at radius 1 is 1.00 bits per heavy atom. The third-order valence-corrected chi connectivity index (χ3v) is 0. The molecule has 1 heteroatoms. The fraction of sp³-hybridized carbons (Fsp3) is 0.571. The summed E-state index contributed by atoms with van der Waals surface area (Å²) in [6.07, 6.45) is 1.00. The minimum atomic E-state index is 0. The van der Waals surface area contributed by atoms with Gasteiger partial charge in [-0.1, -0.05) is 6.92 Å². The van der Waals surface area contributed by atoms with E-state index in [1.165, 1.54) is 0 Å². The van der Waals surface area contributed by atoms with Gasteiger partial charge in [-0.05, 0) is 0 Å². The summed E-state index contributed by atoms with van der Waals surface area (Å²) in [5.41, 5.74) is 0. The molecule has 0 aliphatic heterocycles. The Balaban J connectivity index is -0.0000000147. The van der Waals surface area contributed by atoms with E-state index >= 15 is 0 Å². The van der Waals surface area contributed by atoms with Crippen LogP contribution in [0.1, 0.15) is 27.2 Å². The maximum atomic E-state index is 3.49. The summed E-state index contributed by atoms with van der Waals surface area (Å²) in [5.74, 6) is 0. The van der Waals surface area contributed by atoms with Crippen molar-refractivity contribution in [1.29, 1.82) is 0 Å². The van der Waals surface area contributed by atoms with Crippen molar-refractivity contribution in [3.63, 3.8) is 0 Å². The molecule has 0 aliphatic carbocycles. The van der Waals surface area contributed by atoms with E-state index in [4.69, 9.17) is 0 Å². The number of hydrogen-bond donors (Lipinski definition) is 0. The zero-order chi connectivity index (χ0) is 6.71. The van der Waals surface area contributed by atoms with Gasteiger partial charge in [-0.2, -0.15) is 20.3 Å². The average Bonchev–Trinajstić information content (AvgIpc) is 1.78. The summed E-state index contributed by atoms with van der Waals surface area (Å²) < 4.78 is 0. The summed E-state index contributed by atoms with van der Waals surface area (Å²) in [6.45, 7) is 15.5. The van der Waals surface area contributed by atoms with E-state index < -0.39 is 0 Å². The van der Waals surface area contributed by atoms with Gasteiger partial charge in [-0.25, -0.2) is 0 Å². The molecule has 0 saturated heterocycles. The van der Waals surface area contributed by atoms with Crippen molar-refractivity contribution in [3.05, 3.63) is 20.8 Å². The predicted molar refractivity (Wildman–Crippen MR) is 37.7 cm³/mol. The van der Waals surface area contributed by atoms with Crippen molar-refractivity contribution in [1.82, 2.24) is 0 Å². The summed E-state index contributed by atoms with van der Waals surface area (Å²) in [7, 11) is 0. The van der Waals surface area contributed by atoms with E-state index in [0.29, 0.717) is 0 Å². The topological polar surface area (TPSA) is 0 Å². The summed E-state index contributed by atoms with van der Waals surface area (Å²) in [5, 5.41) is 0. The fourth-order valence-corrected chi connectivity index (χ4v) is 0. The van der Waals surface area contributed by atoms with E-state index in [2.05, 4.69) is 20.8 Å². The average molecular weight is 285 g/mol. The summed E-state index contributed by atoms with van der Waals surface area (Å²) >= 11 is 0. The Hall–Kier alpha value is 0.688. The minimum absolute atomic E-state index is 0. The van der Waals surface area contributed by atoms with Crippen molar-refractivity contribution in [2.24, 2.45) is 0 Å². The van der Waals surface area contributed by atoms with Crippen molar-refractivity contribution in [2.45, 2.75) is 27.2 Å². The van der Waals surface area contributed by atoms with Crippen LogP contribution in [0.15, 0.2) is 0 Å². The van der Waals surface area contributed by atoms with E-state index in [-0.39, 0.29) is 21.1 Å². The maximum Gasteiger partial charge on any atom is 0 e. The molecule has 0 nitrogen and oxygen atoms in total. The van der Waals surface area contributed by atoms with Gasteiger partial charge >= 0.3 is 0 Å². The van der Waals surface area contributed by atoms with Gasteiger partial charge in [0, 0.05) is 21.1 Å². The van der Waals surface area contributed by atoms with Gasteiger partial charge < -0.3 is 20.8 Å². The Morgan fingerprint density at radius 3 is 1.00 bits per heavy atom. The number of hydrogen-bond acceptors (Lipinski definition) is 0. The second-order valence-electron chi connectivity index (χ2n) is 0.500. The van der Waals surface area contributed by atoms with Gasteiger partial charge in [0.1, 0.15) is 0 Å². The molecule has 0 saturated carbocycles. The molecule has 54 valence electrons. The Bertz CT molecular complexity index is 4.35. The first-order valence-electron chi connectivity index (χ1n) is 2.62. The van der Waals surface area contributed by atoms with Crippen LogP contribution in [-0.2, 0) is 21.1 Å². The molecule has 0 N–H and O–H groups in total. The van der Waals surface area contributed by atoms with Gasteiger partial charge in [0.25, 0.3) is 0 Å². The van der Waals surface area contributed by atoms with Crippen LogP contribution in [0, 0.1) is 20.8 Å². The minimum Gasteiger partial charge on any atom is -0.346 e. The van der Waals surface area contributed by atoms with Crippen LogP contribution in [-0.4, -0.2) is 0 Å². The Labute approximate surface area is 69.3 Å². The molecule has 0 amide bonds. The molecule has 0 bridgehead atoms. The first-order valence-corrected chi connectivity index (χ1v) is 2.62. The molecule has 0 aromatic rings. The van der Waals surface area contributed by atoms with E-state index in [1.54, 1.807) is 13.8 Å². The van der Waals surface area contributed by atoms with Crippen LogP contribution in [0.2, 0.25) is 0 Å². The standard InChI is InChI=1S/C3H7.2C2H5.W/c1-3-2;2*1-2;/h1,3H2,2H3;2*1H2,2H3;/q3*-1;. The van der Waals surface area contributed by atoms with Gasteiger partial charge in [0.15, 0.2) is 0 Å². The number of rotatable bonds is 0. The first-order chi connectivity index (χ1) is 3.41. The Kier molecular flexibility index (Phi) is 352. The quantitative estimate of drug-likeness (QED) is 0.600. The first kappa shape index (κ1) is 23.4. The predicted octanol–water partition coefficient (Wildman–Crippen LogP) is 2.91. The molecule has 0 aromatic heterocycles. The van der Waals surface area contributed by atoms with Gasteiger partial charge in [0.05, 0.1) is 0 Å². The fourth-order valence-electron chi connectivity index (χ4n) is 0. The van der Waals surface area contributed by atoms with E-state index in [9.17, 15) is 0 Å². The SMILES string of the molecule is [CH2-]C.[CH2-]C.[CH2-]CC.[W]. The zero-order valence-electron chi connectivity index (χ0n) is 6.24. The molecule has 8 heavy (non-hydrogen) atoms. The molecule has 0 spiro atoms. The summed E-state index contributed by atoms with van der Waals surface area (Å²) in [4.78, 5) is 0. The molecule has 0 atom stereocenters. The van der Waals surface area contributed by atoms with Crippen LogP contribution in [0.3, 0.4) is 0 Å². The molecule has 0 fully saturated rings. The molecule has 0 aliphatic rings. The Morgan fingerprint density at radius 2 is 1.00 bits per heavy atom. The van der Waals surface area contributed by atoms with Crippen molar-refractivity contribution in [2.75, 3.05) is 0 Å². The van der Waals surface area contributed by atoms with Crippen LogP contribution in [0.4, 0.5) is 0 Å². The third kappa shape index (κ3) is 457. The van der Waals surface area contributed by atoms with E-state index in [1.807, 2.05) is 6.92 Å². The normalized spacial score (nSPS) is 3.75. The zero-order valence-corrected chi connectivity index (χ0v) is 9.17. The maximum absolute atomic E-state index is 3.49. The molecular formula is C7H17W-3. The van der Waals surface area contributed by atoms with Gasteiger partial charge in [0.2, 0.25) is 0 Å². The second kappa shape index (κ2) is 121. The molecule has 0 rings (SSSR count). The van der Waals surface area contributed by atoms with Gasteiger partial charge in [-0.3, -0.25) is 0 Å². The van der Waals surface area contributed by atoms with Crippen molar-refractivity contribution >= 4 is 0 Å². The smallest absolute Gasteiger partial charge is 0 e. The third-order valence-electron chi connectivity index (χ3n) is 0. The van der Waals surface area contributed by atoms with Crippen LogP contribution >= 0.6 is 0 Å². The van der Waals surface area contributed by atoms with Crippen molar-refractivity contribution < 1.29 is 21.1 Å². The molecule has 0 unspecified atom stereocenters. The van der Waals surface area contributed by atoms with Gasteiger partial charge in [-0.15, -0.1) is 0 Å².